The van der Waals surface area contributed by atoms with Crippen LogP contribution in [0.3, 0.4) is 0 Å². The Kier molecular flexibility index (Phi) is 7.50. The zero-order valence-corrected chi connectivity index (χ0v) is 14.2. The van der Waals surface area contributed by atoms with Gasteiger partial charge < -0.3 is 20.1 Å². The number of hydrogen-bond donors (Lipinski definition) is 2. The van der Waals surface area contributed by atoms with Crippen molar-refractivity contribution in [1.82, 2.24) is 10.6 Å². The Balaban J connectivity index is 0.00000200. The number of hydrogen-bond acceptors (Lipinski definition) is 5. The second-order valence-corrected chi connectivity index (χ2v) is 4.50. The normalized spacial score (nSPS) is 15.2. The lowest BCUT2D eigenvalue weighted by Crippen LogP contribution is -2.44. The van der Waals surface area contributed by atoms with Crippen LogP contribution >= 0.6 is 24.0 Å². The maximum atomic E-state index is 5.82. The average Bonchev–Trinajstić information content (AvgIpc) is 2.46. The highest BCUT2D eigenvalue weighted by atomic mass is 127. The van der Waals surface area contributed by atoms with Gasteiger partial charge in [-0.1, -0.05) is 6.07 Å². The Morgan fingerprint density at radius 3 is 2.90 bits per heavy atom. The summed E-state index contributed by atoms with van der Waals surface area (Å²) in [4.78, 5) is 4.35. The van der Waals surface area contributed by atoms with Crippen molar-refractivity contribution in [2.45, 2.75) is 19.4 Å². The molecule has 0 spiro atoms. The molecule has 0 aromatic heterocycles. The molecule has 0 bridgehead atoms. The van der Waals surface area contributed by atoms with E-state index in [9.17, 15) is 0 Å². The number of guanidine groups is 1. The molecule has 6 heteroatoms. The molecule has 20 heavy (non-hydrogen) atoms. The molecule has 0 amide bonds. The third-order valence-corrected chi connectivity index (χ3v) is 2.83. The lowest BCUT2D eigenvalue weighted by Gasteiger charge is -2.20. The van der Waals surface area contributed by atoms with Gasteiger partial charge in [0.25, 0.3) is 0 Å². The minimum Gasteiger partial charge on any atom is -0.497 e. The zero-order chi connectivity index (χ0) is 13.5. The van der Waals surface area contributed by atoms with E-state index in [-0.39, 0.29) is 30.1 Å². The number of ether oxygens (including phenoxy) is 2. The summed E-state index contributed by atoms with van der Waals surface area (Å²) in [5.74, 6) is 2.48. The minimum absolute atomic E-state index is 0. The van der Waals surface area contributed by atoms with Crippen LogP contribution in [0.15, 0.2) is 29.3 Å². The van der Waals surface area contributed by atoms with Gasteiger partial charge in [-0.25, -0.2) is 0 Å². The standard InChI is InChI=1S/C14H21N3O2.HI/c1-11(10-17-14-15-7-4-8-16-14)19-13-6-3-5-12(9-13)18-2;/h3,5-6,9,11H,4,7-8,10H2,1-2H3,(H2,15,16,17);1H. The molecule has 112 valence electrons. The molecule has 1 heterocycles. The maximum absolute atomic E-state index is 5.82. The Labute approximate surface area is 137 Å². The van der Waals surface area contributed by atoms with Gasteiger partial charge in [0, 0.05) is 19.2 Å². The largest absolute Gasteiger partial charge is 0.497 e. The van der Waals surface area contributed by atoms with Crippen molar-refractivity contribution in [1.29, 1.82) is 0 Å². The van der Waals surface area contributed by atoms with Gasteiger partial charge in [0.2, 0.25) is 0 Å². The van der Waals surface area contributed by atoms with Crippen molar-refractivity contribution >= 4 is 29.9 Å². The summed E-state index contributed by atoms with van der Waals surface area (Å²) in [6, 6.07) is 7.62. The van der Waals surface area contributed by atoms with Crippen LogP contribution in [0.25, 0.3) is 0 Å². The third kappa shape index (κ3) is 5.44. The summed E-state index contributed by atoms with van der Waals surface area (Å²) < 4.78 is 11.0. The van der Waals surface area contributed by atoms with Gasteiger partial charge in [0.15, 0.2) is 5.96 Å². The average molecular weight is 391 g/mol. The van der Waals surface area contributed by atoms with Crippen molar-refractivity contribution < 1.29 is 9.47 Å². The molecule has 2 rings (SSSR count). The quantitative estimate of drug-likeness (QED) is 0.755. The van der Waals surface area contributed by atoms with Gasteiger partial charge in [-0.2, -0.15) is 0 Å². The van der Waals surface area contributed by atoms with Crippen LogP contribution in [0.1, 0.15) is 13.3 Å². The van der Waals surface area contributed by atoms with Gasteiger partial charge in [-0.3, -0.25) is 4.99 Å². The first-order valence-corrected chi connectivity index (χ1v) is 6.61. The van der Waals surface area contributed by atoms with Crippen molar-refractivity contribution in [3.63, 3.8) is 0 Å². The molecule has 0 fully saturated rings. The van der Waals surface area contributed by atoms with Crippen molar-refractivity contribution in [3.8, 4) is 11.5 Å². The van der Waals surface area contributed by atoms with Gasteiger partial charge in [-0.05, 0) is 25.5 Å². The van der Waals surface area contributed by atoms with Crippen LogP contribution in [0, 0.1) is 0 Å². The third-order valence-electron chi connectivity index (χ3n) is 2.83. The van der Waals surface area contributed by atoms with Crippen LogP contribution in [0.2, 0.25) is 0 Å². The second-order valence-electron chi connectivity index (χ2n) is 4.50. The first kappa shape index (κ1) is 16.9. The van der Waals surface area contributed by atoms with Gasteiger partial charge in [0.1, 0.15) is 17.6 Å². The fourth-order valence-corrected chi connectivity index (χ4v) is 1.84. The molecule has 1 unspecified atom stereocenters. The number of aliphatic imine (C=N–C) groups is 1. The molecule has 5 nitrogen and oxygen atoms in total. The summed E-state index contributed by atoms with van der Waals surface area (Å²) in [6.07, 6.45) is 1.15. The van der Waals surface area contributed by atoms with Crippen LogP contribution < -0.4 is 20.1 Å². The molecular weight excluding hydrogens is 369 g/mol. The number of rotatable bonds is 5. The Morgan fingerprint density at radius 2 is 2.20 bits per heavy atom. The van der Waals surface area contributed by atoms with Crippen LogP contribution in [0.5, 0.6) is 11.5 Å². The lowest BCUT2D eigenvalue weighted by molar-refractivity contribution is 0.223. The molecule has 0 radical (unpaired) electrons. The van der Waals surface area contributed by atoms with Crippen molar-refractivity contribution in [2.24, 2.45) is 4.99 Å². The fourth-order valence-electron chi connectivity index (χ4n) is 1.84. The number of halogens is 1. The molecule has 1 aliphatic heterocycles. The van der Waals surface area contributed by atoms with E-state index in [1.54, 1.807) is 7.11 Å². The highest BCUT2D eigenvalue weighted by Gasteiger charge is 2.08. The second kappa shape index (κ2) is 8.89. The summed E-state index contributed by atoms with van der Waals surface area (Å²) in [5.41, 5.74) is 0. The number of nitrogens with one attached hydrogen (secondary N) is 2. The number of nitrogens with zero attached hydrogens (tertiary/aromatic N) is 1. The SMILES string of the molecule is COc1cccc(OC(C)CNC2=NCCCN2)c1.I. The predicted molar refractivity (Wildman–Crippen MR) is 91.4 cm³/mol. The number of methoxy groups -OCH3 is 1. The smallest absolute Gasteiger partial charge is 0.191 e. The molecular formula is C14H22IN3O2. The molecule has 0 saturated carbocycles. The molecule has 1 atom stereocenters. The minimum atomic E-state index is 0. The molecule has 0 aliphatic carbocycles. The van der Waals surface area contributed by atoms with Crippen LogP contribution in [-0.4, -0.2) is 38.8 Å². The van der Waals surface area contributed by atoms with Gasteiger partial charge >= 0.3 is 0 Å². The van der Waals surface area contributed by atoms with Crippen LogP contribution in [0.4, 0.5) is 0 Å². The van der Waals surface area contributed by atoms with E-state index < -0.39 is 0 Å². The lowest BCUT2D eigenvalue weighted by atomic mass is 10.3. The van der Waals surface area contributed by atoms with E-state index >= 15 is 0 Å². The molecule has 1 aromatic carbocycles. The van der Waals surface area contributed by atoms with E-state index in [0.29, 0.717) is 6.54 Å². The molecule has 2 N–H and O–H groups in total. The zero-order valence-electron chi connectivity index (χ0n) is 11.9. The van der Waals surface area contributed by atoms with Crippen molar-refractivity contribution in [2.75, 3.05) is 26.7 Å². The maximum Gasteiger partial charge on any atom is 0.191 e. The first-order valence-electron chi connectivity index (χ1n) is 6.61. The monoisotopic (exact) mass is 391 g/mol. The Morgan fingerprint density at radius 1 is 1.40 bits per heavy atom. The van der Waals surface area contributed by atoms with E-state index in [1.807, 2.05) is 31.2 Å². The Hall–Kier alpha value is -1.18. The molecule has 1 aliphatic rings. The summed E-state index contributed by atoms with van der Waals surface area (Å²) in [6.45, 7) is 4.61. The van der Waals surface area contributed by atoms with E-state index in [2.05, 4.69) is 15.6 Å². The fraction of sp³-hybridized carbons (Fsp3) is 0.500. The van der Waals surface area contributed by atoms with E-state index in [4.69, 9.17) is 9.47 Å². The summed E-state index contributed by atoms with van der Waals surface area (Å²) >= 11 is 0. The summed E-state index contributed by atoms with van der Waals surface area (Å²) in [5, 5.41) is 6.47. The molecule has 0 saturated heterocycles. The molecule has 1 aromatic rings. The van der Waals surface area contributed by atoms with Crippen LogP contribution in [-0.2, 0) is 0 Å². The van der Waals surface area contributed by atoms with Gasteiger partial charge in [0.05, 0.1) is 13.7 Å². The highest BCUT2D eigenvalue weighted by Crippen LogP contribution is 2.19. The summed E-state index contributed by atoms with van der Waals surface area (Å²) in [7, 11) is 1.65. The number of benzene rings is 1. The van der Waals surface area contributed by atoms with Gasteiger partial charge in [-0.15, -0.1) is 24.0 Å². The van der Waals surface area contributed by atoms with E-state index in [0.717, 1.165) is 37.0 Å². The first-order chi connectivity index (χ1) is 9.28. The topological polar surface area (TPSA) is 54.9 Å². The van der Waals surface area contributed by atoms with Crippen molar-refractivity contribution in [3.05, 3.63) is 24.3 Å². The van der Waals surface area contributed by atoms with E-state index in [1.165, 1.54) is 0 Å². The predicted octanol–water partition coefficient (Wildman–Crippen LogP) is 2.02. The highest BCUT2D eigenvalue weighted by molar-refractivity contribution is 14.0. The Bertz CT molecular complexity index is 440.